The van der Waals surface area contributed by atoms with Crippen molar-refractivity contribution < 1.29 is 19.1 Å². The van der Waals surface area contributed by atoms with E-state index in [0.717, 1.165) is 11.3 Å². The van der Waals surface area contributed by atoms with E-state index in [2.05, 4.69) is 0 Å². The molecule has 0 aliphatic carbocycles. The maximum atomic E-state index is 12.3. The molecule has 0 aromatic heterocycles. The molecule has 1 amide bonds. The van der Waals surface area contributed by atoms with Gasteiger partial charge in [-0.15, -0.1) is 0 Å². The van der Waals surface area contributed by atoms with Crippen molar-refractivity contribution in [1.29, 1.82) is 5.26 Å². The van der Waals surface area contributed by atoms with Crippen molar-refractivity contribution in [2.75, 3.05) is 39.8 Å². The lowest BCUT2D eigenvalue weighted by molar-refractivity contribution is -0.148. The number of nitrogens with zero attached hydrogens (tertiary/aromatic N) is 3. The Morgan fingerprint density at radius 3 is 2.40 bits per heavy atom. The summed E-state index contributed by atoms with van der Waals surface area (Å²) in [6.45, 7) is -0.0584. The Balaban J connectivity index is 1.93. The number of methoxy groups -OCH3 is 1. The van der Waals surface area contributed by atoms with Crippen LogP contribution in [-0.4, -0.2) is 51.6 Å². The number of likely N-dealkylation sites (N-methyl/N-ethyl adjacent to an activating group) is 1. The number of carbonyl (C=O) groups excluding carboxylic acids is 2. The molecular weight excluding hydrogens is 382 g/mol. The zero-order chi connectivity index (χ0) is 22.1. The molecule has 30 heavy (non-hydrogen) atoms. The Hall–Kier alpha value is -3.79. The predicted molar refractivity (Wildman–Crippen MR) is 115 cm³/mol. The van der Waals surface area contributed by atoms with Gasteiger partial charge >= 0.3 is 5.97 Å². The first-order chi connectivity index (χ1) is 14.3. The number of carbonyl (C=O) groups is 2. The third kappa shape index (κ3) is 6.38. The van der Waals surface area contributed by atoms with E-state index in [0.29, 0.717) is 17.9 Å². The first-order valence-electron chi connectivity index (χ1n) is 9.27. The molecule has 156 valence electrons. The van der Waals surface area contributed by atoms with E-state index in [9.17, 15) is 14.9 Å². The van der Waals surface area contributed by atoms with Crippen molar-refractivity contribution in [3.05, 3.63) is 65.2 Å². The Labute approximate surface area is 176 Å². The first kappa shape index (κ1) is 22.5. The minimum Gasteiger partial charge on any atom is -0.497 e. The van der Waals surface area contributed by atoms with Crippen LogP contribution in [-0.2, 0) is 20.9 Å². The van der Waals surface area contributed by atoms with Crippen LogP contribution in [0.2, 0.25) is 0 Å². The fourth-order valence-corrected chi connectivity index (χ4v) is 2.61. The van der Waals surface area contributed by atoms with E-state index in [1.54, 1.807) is 31.3 Å². The minimum atomic E-state index is -0.850. The van der Waals surface area contributed by atoms with Crippen LogP contribution < -0.4 is 9.64 Å². The van der Waals surface area contributed by atoms with E-state index >= 15 is 0 Å². The van der Waals surface area contributed by atoms with Gasteiger partial charge in [0.25, 0.3) is 5.91 Å². The molecule has 0 spiro atoms. The lowest BCUT2D eigenvalue weighted by Gasteiger charge is -2.18. The van der Waals surface area contributed by atoms with Gasteiger partial charge in [-0.2, -0.15) is 5.26 Å². The molecule has 0 radical (unpaired) electrons. The van der Waals surface area contributed by atoms with Crippen molar-refractivity contribution in [3.8, 4) is 11.8 Å². The first-order valence-corrected chi connectivity index (χ1v) is 9.27. The Kier molecular flexibility index (Phi) is 8.00. The number of rotatable bonds is 8. The predicted octanol–water partition coefficient (Wildman–Crippen LogP) is 2.87. The Morgan fingerprint density at radius 1 is 1.10 bits per heavy atom. The van der Waals surface area contributed by atoms with Crippen LogP contribution >= 0.6 is 0 Å². The minimum absolute atomic E-state index is 0.196. The Morgan fingerprint density at radius 2 is 1.80 bits per heavy atom. The molecule has 0 saturated heterocycles. The van der Waals surface area contributed by atoms with Gasteiger partial charge in [-0.25, -0.2) is 4.79 Å². The summed E-state index contributed by atoms with van der Waals surface area (Å²) in [7, 11) is 7.07. The zero-order valence-corrected chi connectivity index (χ0v) is 17.6. The van der Waals surface area contributed by atoms with E-state index in [-0.39, 0.29) is 11.5 Å². The van der Waals surface area contributed by atoms with Gasteiger partial charge in [-0.3, -0.25) is 4.79 Å². The maximum Gasteiger partial charge on any atom is 0.349 e. The molecule has 2 aromatic rings. The monoisotopic (exact) mass is 407 g/mol. The summed E-state index contributed by atoms with van der Waals surface area (Å²) in [5.41, 5.74) is 2.44. The van der Waals surface area contributed by atoms with Crippen molar-refractivity contribution in [2.45, 2.75) is 6.54 Å². The second-order valence-electron chi connectivity index (χ2n) is 6.83. The molecule has 2 rings (SSSR count). The topological polar surface area (TPSA) is 82.9 Å². The van der Waals surface area contributed by atoms with E-state index < -0.39 is 12.6 Å². The number of hydrogen-bond acceptors (Lipinski definition) is 6. The number of anilines is 1. The molecule has 7 heteroatoms. The standard InChI is InChI=1S/C23H25N3O4/c1-25(2)20-10-8-17(9-11-20)15-26(3)22(27)16-30-23(28)19(14-24)12-18-6-5-7-21(13-18)29-4/h5-13H,15-16H2,1-4H3/b19-12+. The van der Waals surface area contributed by atoms with Crippen LogP contribution in [0.15, 0.2) is 54.1 Å². The third-order valence-electron chi connectivity index (χ3n) is 4.37. The maximum absolute atomic E-state index is 12.3. The molecule has 0 aliphatic heterocycles. The highest BCUT2D eigenvalue weighted by atomic mass is 16.5. The third-order valence-corrected chi connectivity index (χ3v) is 4.37. The van der Waals surface area contributed by atoms with Crippen molar-refractivity contribution in [1.82, 2.24) is 4.90 Å². The zero-order valence-electron chi connectivity index (χ0n) is 17.6. The number of nitriles is 1. The molecule has 0 atom stereocenters. The second-order valence-corrected chi connectivity index (χ2v) is 6.83. The van der Waals surface area contributed by atoms with Gasteiger partial charge < -0.3 is 19.3 Å². The number of hydrogen-bond donors (Lipinski definition) is 0. The summed E-state index contributed by atoms with van der Waals surface area (Å²) >= 11 is 0. The summed E-state index contributed by atoms with van der Waals surface area (Å²) in [5, 5.41) is 9.27. The highest BCUT2D eigenvalue weighted by Crippen LogP contribution is 2.16. The second kappa shape index (κ2) is 10.7. The van der Waals surface area contributed by atoms with Crippen LogP contribution in [0.5, 0.6) is 5.75 Å². The van der Waals surface area contributed by atoms with Gasteiger partial charge in [0, 0.05) is 33.4 Å². The highest BCUT2D eigenvalue weighted by Gasteiger charge is 2.16. The van der Waals surface area contributed by atoms with Gasteiger partial charge in [0.05, 0.1) is 7.11 Å². The van der Waals surface area contributed by atoms with Crippen molar-refractivity contribution in [3.63, 3.8) is 0 Å². The van der Waals surface area contributed by atoms with Crippen LogP contribution in [0.25, 0.3) is 6.08 Å². The fraction of sp³-hybridized carbons (Fsp3) is 0.261. The van der Waals surface area contributed by atoms with Gasteiger partial charge in [-0.1, -0.05) is 24.3 Å². The molecule has 0 bridgehead atoms. The molecule has 0 fully saturated rings. The average molecular weight is 407 g/mol. The molecular formula is C23H25N3O4. The van der Waals surface area contributed by atoms with Gasteiger partial charge in [0.1, 0.15) is 17.4 Å². The summed E-state index contributed by atoms with van der Waals surface area (Å²) < 4.78 is 10.2. The van der Waals surface area contributed by atoms with Crippen LogP contribution in [0.4, 0.5) is 5.69 Å². The quantitative estimate of drug-likeness (QED) is 0.380. The van der Waals surface area contributed by atoms with Crippen LogP contribution in [0.3, 0.4) is 0 Å². The van der Waals surface area contributed by atoms with Crippen molar-refractivity contribution in [2.24, 2.45) is 0 Å². The number of esters is 1. The molecule has 0 heterocycles. The molecule has 0 N–H and O–H groups in total. The lowest BCUT2D eigenvalue weighted by Crippen LogP contribution is -2.31. The molecule has 0 saturated carbocycles. The molecule has 0 unspecified atom stereocenters. The van der Waals surface area contributed by atoms with Gasteiger partial charge in [-0.05, 0) is 41.5 Å². The van der Waals surface area contributed by atoms with Crippen LogP contribution in [0, 0.1) is 11.3 Å². The number of benzene rings is 2. The Bertz CT molecular complexity index is 959. The molecule has 7 nitrogen and oxygen atoms in total. The summed E-state index contributed by atoms with van der Waals surface area (Å²) in [6, 6.07) is 16.5. The average Bonchev–Trinajstić information content (AvgIpc) is 2.75. The lowest BCUT2D eigenvalue weighted by atomic mass is 10.1. The summed E-state index contributed by atoms with van der Waals surface area (Å²) in [5.74, 6) is -0.610. The molecule has 0 aliphatic rings. The molecule has 2 aromatic carbocycles. The fourth-order valence-electron chi connectivity index (χ4n) is 2.61. The largest absolute Gasteiger partial charge is 0.497 e. The number of ether oxygens (including phenoxy) is 2. The highest BCUT2D eigenvalue weighted by molar-refractivity contribution is 5.98. The van der Waals surface area contributed by atoms with Gasteiger partial charge in [0.2, 0.25) is 0 Å². The SMILES string of the molecule is COc1cccc(/C=C(\C#N)C(=O)OCC(=O)N(C)Cc2ccc(N(C)C)cc2)c1. The van der Waals surface area contributed by atoms with Crippen LogP contribution in [0.1, 0.15) is 11.1 Å². The van der Waals surface area contributed by atoms with Crippen molar-refractivity contribution >= 4 is 23.6 Å². The smallest absolute Gasteiger partial charge is 0.349 e. The van der Waals surface area contributed by atoms with Gasteiger partial charge in [0.15, 0.2) is 6.61 Å². The van der Waals surface area contributed by atoms with E-state index in [1.807, 2.05) is 49.3 Å². The summed E-state index contributed by atoms with van der Waals surface area (Å²) in [4.78, 5) is 28.0. The van der Waals surface area contributed by atoms with E-state index in [4.69, 9.17) is 9.47 Å². The van der Waals surface area contributed by atoms with E-state index in [1.165, 1.54) is 18.1 Å². The normalized spacial score (nSPS) is 10.7. The summed E-state index contributed by atoms with van der Waals surface area (Å²) in [6.07, 6.45) is 1.39. The number of amides is 1.